The Morgan fingerprint density at radius 2 is 1.91 bits per heavy atom. The molecule has 1 fully saturated rings. The number of ether oxygens (including phenoxy) is 1. The molecule has 0 bridgehead atoms. The number of pyridine rings is 1. The number of aromatic nitrogens is 6. The van der Waals surface area contributed by atoms with Gasteiger partial charge in [0.15, 0.2) is 11.6 Å². The average Bonchev–Trinajstić information content (AvgIpc) is 3.45. The van der Waals surface area contributed by atoms with Gasteiger partial charge in [0.25, 0.3) is 0 Å². The van der Waals surface area contributed by atoms with Crippen LogP contribution in [-0.2, 0) is 7.05 Å². The summed E-state index contributed by atoms with van der Waals surface area (Å²) in [6.07, 6.45) is 11.1. The van der Waals surface area contributed by atoms with Crippen LogP contribution in [0.4, 0.5) is 5.82 Å². The van der Waals surface area contributed by atoms with Crippen molar-refractivity contribution in [2.75, 3.05) is 12.4 Å². The number of anilines is 1. The number of fused-ring (bicyclic) bond motifs is 1. The number of nitrogens with one attached hydrogen (secondary N) is 1. The number of nitrogens with zero attached hydrogens (tertiary/aromatic N) is 6. The SMILES string of the molecule is COc1cccc(-c2cn3nc(-c4nccn4C)nc(NC4CCC4)c3c2-c2ccccn2)c1C. The van der Waals surface area contributed by atoms with E-state index in [9.17, 15) is 0 Å². The Morgan fingerprint density at radius 1 is 1.03 bits per heavy atom. The first-order valence-electron chi connectivity index (χ1n) is 11.9. The molecule has 4 aromatic heterocycles. The van der Waals surface area contributed by atoms with Crippen molar-refractivity contribution in [2.24, 2.45) is 7.05 Å². The Balaban J connectivity index is 1.67. The fraction of sp³-hybridized carbons (Fsp3) is 0.259. The molecule has 0 amide bonds. The molecule has 176 valence electrons. The quantitative estimate of drug-likeness (QED) is 0.374. The van der Waals surface area contributed by atoms with Gasteiger partial charge in [0.1, 0.15) is 11.3 Å². The van der Waals surface area contributed by atoms with Gasteiger partial charge in [-0.2, -0.15) is 0 Å². The molecule has 6 rings (SSSR count). The molecule has 0 unspecified atom stereocenters. The number of hydrogen-bond acceptors (Lipinski definition) is 6. The van der Waals surface area contributed by atoms with Crippen molar-refractivity contribution >= 4 is 11.3 Å². The molecule has 0 saturated heterocycles. The van der Waals surface area contributed by atoms with E-state index in [-0.39, 0.29) is 0 Å². The molecular formula is C27H27N7O. The minimum atomic E-state index is 0.399. The molecule has 35 heavy (non-hydrogen) atoms. The molecule has 8 nitrogen and oxygen atoms in total. The lowest BCUT2D eigenvalue weighted by molar-refractivity contribution is 0.412. The molecule has 4 heterocycles. The van der Waals surface area contributed by atoms with Crippen molar-refractivity contribution in [2.45, 2.75) is 32.2 Å². The number of aryl methyl sites for hydroxylation is 1. The molecule has 8 heteroatoms. The van der Waals surface area contributed by atoms with Crippen molar-refractivity contribution in [1.29, 1.82) is 0 Å². The highest BCUT2D eigenvalue weighted by molar-refractivity contribution is 5.99. The molecule has 5 aromatic rings. The number of benzene rings is 1. The summed E-state index contributed by atoms with van der Waals surface area (Å²) < 4.78 is 9.49. The topological polar surface area (TPSA) is 82.2 Å². The van der Waals surface area contributed by atoms with Gasteiger partial charge in [-0.1, -0.05) is 18.2 Å². The summed E-state index contributed by atoms with van der Waals surface area (Å²) in [4.78, 5) is 14.2. The Morgan fingerprint density at radius 3 is 2.60 bits per heavy atom. The molecule has 1 aromatic carbocycles. The third-order valence-corrected chi connectivity index (χ3v) is 6.81. The summed E-state index contributed by atoms with van der Waals surface area (Å²) in [6, 6.07) is 12.5. The van der Waals surface area contributed by atoms with Gasteiger partial charge in [-0.25, -0.2) is 14.5 Å². The van der Waals surface area contributed by atoms with Crippen LogP contribution >= 0.6 is 0 Å². The van der Waals surface area contributed by atoms with Gasteiger partial charge in [-0.05, 0) is 55.5 Å². The molecule has 0 atom stereocenters. The first kappa shape index (κ1) is 21.3. The van der Waals surface area contributed by atoms with Gasteiger partial charge in [0.05, 0.1) is 12.8 Å². The highest BCUT2D eigenvalue weighted by Gasteiger charge is 2.26. The summed E-state index contributed by atoms with van der Waals surface area (Å²) in [5, 5.41) is 8.61. The monoisotopic (exact) mass is 465 g/mol. The highest BCUT2D eigenvalue weighted by Crippen LogP contribution is 2.42. The van der Waals surface area contributed by atoms with Crippen LogP contribution in [0.3, 0.4) is 0 Å². The zero-order valence-corrected chi connectivity index (χ0v) is 20.1. The van der Waals surface area contributed by atoms with Crippen LogP contribution < -0.4 is 10.1 Å². The minimum absolute atomic E-state index is 0.399. The lowest BCUT2D eigenvalue weighted by Crippen LogP contribution is -2.28. The molecule has 1 saturated carbocycles. The van der Waals surface area contributed by atoms with Crippen LogP contribution in [0.5, 0.6) is 5.75 Å². The van der Waals surface area contributed by atoms with E-state index in [2.05, 4.69) is 29.5 Å². The largest absolute Gasteiger partial charge is 0.496 e. The van der Waals surface area contributed by atoms with Gasteiger partial charge in [0.2, 0.25) is 5.82 Å². The van der Waals surface area contributed by atoms with Crippen molar-refractivity contribution in [3.8, 4) is 39.8 Å². The molecule has 0 spiro atoms. The van der Waals surface area contributed by atoms with Gasteiger partial charge in [-0.15, -0.1) is 5.10 Å². The lowest BCUT2D eigenvalue weighted by atomic mass is 9.93. The van der Waals surface area contributed by atoms with Crippen LogP contribution in [0.1, 0.15) is 24.8 Å². The van der Waals surface area contributed by atoms with Crippen LogP contribution in [0, 0.1) is 6.92 Å². The average molecular weight is 466 g/mol. The van der Waals surface area contributed by atoms with Gasteiger partial charge in [0, 0.05) is 49.0 Å². The van der Waals surface area contributed by atoms with Crippen molar-refractivity contribution in [3.63, 3.8) is 0 Å². The van der Waals surface area contributed by atoms with E-state index in [4.69, 9.17) is 19.8 Å². The molecule has 1 aliphatic rings. The number of methoxy groups -OCH3 is 1. The molecular weight excluding hydrogens is 438 g/mol. The molecule has 1 N–H and O–H groups in total. The Bertz CT molecular complexity index is 1520. The van der Waals surface area contributed by atoms with E-state index in [1.807, 2.05) is 58.9 Å². The first-order valence-corrected chi connectivity index (χ1v) is 11.9. The van der Waals surface area contributed by atoms with Gasteiger partial charge < -0.3 is 14.6 Å². The Kier molecular flexibility index (Phi) is 5.21. The van der Waals surface area contributed by atoms with Gasteiger partial charge in [-0.3, -0.25) is 4.98 Å². The summed E-state index contributed by atoms with van der Waals surface area (Å²) >= 11 is 0. The maximum absolute atomic E-state index is 5.63. The van der Waals surface area contributed by atoms with Crippen LogP contribution in [-0.4, -0.2) is 42.3 Å². The summed E-state index contributed by atoms with van der Waals surface area (Å²) in [5.41, 5.74) is 5.94. The predicted molar refractivity (Wildman–Crippen MR) is 136 cm³/mol. The van der Waals surface area contributed by atoms with Crippen LogP contribution in [0.25, 0.3) is 39.5 Å². The maximum atomic E-state index is 5.63. The summed E-state index contributed by atoms with van der Waals surface area (Å²) in [5.74, 6) is 2.94. The smallest absolute Gasteiger partial charge is 0.218 e. The lowest BCUT2D eigenvalue weighted by Gasteiger charge is -2.27. The standard InChI is InChI=1S/C27H27N7O/c1-17-19(10-7-12-22(17)35-3)20-16-34-24(23(20)21-11-4-5-13-28-21)25(30-18-8-6-9-18)31-26(32-34)27-29-14-15-33(27)2/h4-5,7,10-16,18H,6,8-9H2,1-3H3,(H,30,31,32). The first-order chi connectivity index (χ1) is 17.1. The van der Waals surface area contributed by atoms with E-state index in [0.717, 1.165) is 63.7 Å². The van der Waals surface area contributed by atoms with E-state index in [1.54, 1.807) is 13.3 Å². The van der Waals surface area contributed by atoms with Crippen LogP contribution in [0.2, 0.25) is 0 Å². The second-order valence-electron chi connectivity index (χ2n) is 8.98. The zero-order valence-electron chi connectivity index (χ0n) is 20.1. The molecule has 0 aliphatic heterocycles. The Hall–Kier alpha value is -4.20. The van der Waals surface area contributed by atoms with E-state index >= 15 is 0 Å². The fourth-order valence-corrected chi connectivity index (χ4v) is 4.71. The minimum Gasteiger partial charge on any atom is -0.496 e. The maximum Gasteiger partial charge on any atom is 0.218 e. The second-order valence-corrected chi connectivity index (χ2v) is 8.98. The van der Waals surface area contributed by atoms with E-state index < -0.39 is 0 Å². The Labute approximate surface area is 203 Å². The highest BCUT2D eigenvalue weighted by atomic mass is 16.5. The van der Waals surface area contributed by atoms with E-state index in [1.165, 1.54) is 6.42 Å². The summed E-state index contributed by atoms with van der Waals surface area (Å²) in [7, 11) is 3.65. The fourth-order valence-electron chi connectivity index (χ4n) is 4.71. The number of hydrogen-bond donors (Lipinski definition) is 1. The van der Waals surface area contributed by atoms with Crippen LogP contribution in [0.15, 0.2) is 61.2 Å². The summed E-state index contributed by atoms with van der Waals surface area (Å²) in [6.45, 7) is 2.08. The molecule has 0 radical (unpaired) electrons. The van der Waals surface area contributed by atoms with Crippen molar-refractivity contribution in [3.05, 3.63) is 66.7 Å². The van der Waals surface area contributed by atoms with Crippen molar-refractivity contribution in [1.82, 2.24) is 29.1 Å². The van der Waals surface area contributed by atoms with Gasteiger partial charge >= 0.3 is 0 Å². The van der Waals surface area contributed by atoms with Crippen molar-refractivity contribution < 1.29 is 4.74 Å². The third kappa shape index (κ3) is 3.62. The normalized spacial score (nSPS) is 13.7. The molecule has 1 aliphatic carbocycles. The third-order valence-electron chi connectivity index (χ3n) is 6.81. The predicted octanol–water partition coefficient (Wildman–Crippen LogP) is 5.14. The zero-order chi connectivity index (χ0) is 23.9. The van der Waals surface area contributed by atoms with E-state index in [0.29, 0.717) is 11.9 Å². The number of imidazole rings is 1. The second kappa shape index (κ2) is 8.54. The number of rotatable bonds is 6.